The molecule has 0 fully saturated rings. The minimum absolute atomic E-state index is 0.0787. The van der Waals surface area contributed by atoms with Crippen LogP contribution in [0.5, 0.6) is 0 Å². The summed E-state index contributed by atoms with van der Waals surface area (Å²) in [5, 5.41) is 3.50. The lowest BCUT2D eigenvalue weighted by Gasteiger charge is -2.06. The molecule has 0 spiro atoms. The molecule has 0 unspecified atom stereocenters. The van der Waals surface area contributed by atoms with Crippen molar-refractivity contribution >= 4 is 33.4 Å². The van der Waals surface area contributed by atoms with E-state index in [0.717, 1.165) is 23.9 Å². The molecule has 1 N–H and O–H groups in total. The molecule has 0 aliphatic heterocycles. The first-order valence-corrected chi connectivity index (χ1v) is 7.53. The van der Waals surface area contributed by atoms with Crippen LogP contribution in [0, 0.1) is 0 Å². The zero-order valence-corrected chi connectivity index (χ0v) is 13.2. The fourth-order valence-corrected chi connectivity index (χ4v) is 2.28. The van der Waals surface area contributed by atoms with Crippen LogP contribution in [0.1, 0.15) is 23.2 Å². The smallest absolute Gasteiger partial charge is 0.251 e. The van der Waals surface area contributed by atoms with E-state index in [1.807, 2.05) is 10.8 Å². The van der Waals surface area contributed by atoms with Gasteiger partial charge in [-0.25, -0.2) is 4.98 Å². The lowest BCUT2D eigenvalue weighted by Crippen LogP contribution is -2.24. The van der Waals surface area contributed by atoms with Gasteiger partial charge in [-0.2, -0.15) is 0 Å². The fourth-order valence-electron chi connectivity index (χ4n) is 1.78. The number of hydrogen-bond donors (Lipinski definition) is 1. The zero-order valence-electron chi connectivity index (χ0n) is 10.9. The number of imidazole rings is 1. The molecule has 2 rings (SSSR count). The first-order valence-electron chi connectivity index (χ1n) is 6.36. The van der Waals surface area contributed by atoms with Crippen LogP contribution in [0.15, 0.2) is 41.4 Å². The van der Waals surface area contributed by atoms with Crippen molar-refractivity contribution in [3.63, 3.8) is 0 Å². The Morgan fingerprint density at radius 1 is 1.40 bits per heavy atom. The summed E-state index contributed by atoms with van der Waals surface area (Å²) in [6.45, 7) is 1.58. The molecule has 0 saturated carbocycles. The van der Waals surface area contributed by atoms with Crippen molar-refractivity contribution < 1.29 is 4.79 Å². The van der Waals surface area contributed by atoms with Gasteiger partial charge in [-0.1, -0.05) is 11.6 Å². The number of unbranched alkanes of at least 4 members (excludes halogenated alkanes) is 1. The van der Waals surface area contributed by atoms with Crippen molar-refractivity contribution in [1.29, 1.82) is 0 Å². The lowest BCUT2D eigenvalue weighted by molar-refractivity contribution is 0.0953. The summed E-state index contributed by atoms with van der Waals surface area (Å²) in [6.07, 6.45) is 7.42. The van der Waals surface area contributed by atoms with Gasteiger partial charge in [0.15, 0.2) is 0 Å². The molecule has 0 aliphatic carbocycles. The number of carbonyl (C=O) groups excluding carboxylic acids is 1. The number of nitrogens with one attached hydrogen (secondary N) is 1. The molecular weight excluding hydrogens is 342 g/mol. The normalized spacial score (nSPS) is 10.5. The van der Waals surface area contributed by atoms with E-state index in [2.05, 4.69) is 26.2 Å². The number of aromatic nitrogens is 2. The minimum Gasteiger partial charge on any atom is -0.352 e. The Labute approximate surface area is 131 Å². The van der Waals surface area contributed by atoms with E-state index in [0.29, 0.717) is 17.1 Å². The maximum Gasteiger partial charge on any atom is 0.251 e. The van der Waals surface area contributed by atoms with Crippen LogP contribution in [0.3, 0.4) is 0 Å². The van der Waals surface area contributed by atoms with Gasteiger partial charge < -0.3 is 9.88 Å². The van der Waals surface area contributed by atoms with Gasteiger partial charge in [0.2, 0.25) is 0 Å². The first-order chi connectivity index (χ1) is 9.66. The maximum atomic E-state index is 11.9. The Bertz CT molecular complexity index is 572. The van der Waals surface area contributed by atoms with E-state index in [4.69, 9.17) is 11.6 Å². The molecule has 2 aromatic rings. The third kappa shape index (κ3) is 4.35. The van der Waals surface area contributed by atoms with E-state index in [9.17, 15) is 4.79 Å². The summed E-state index contributed by atoms with van der Waals surface area (Å²) in [4.78, 5) is 15.9. The number of benzene rings is 1. The van der Waals surface area contributed by atoms with Crippen molar-refractivity contribution in [3.05, 3.63) is 52.0 Å². The summed E-state index contributed by atoms with van der Waals surface area (Å²) in [6, 6.07) is 5.15. The largest absolute Gasteiger partial charge is 0.352 e. The molecular formula is C14H15BrClN3O. The summed E-state index contributed by atoms with van der Waals surface area (Å²) in [5.41, 5.74) is 0.607. The van der Waals surface area contributed by atoms with Crippen LogP contribution in [-0.2, 0) is 6.54 Å². The van der Waals surface area contributed by atoms with E-state index in [1.165, 1.54) is 0 Å². The number of hydrogen-bond acceptors (Lipinski definition) is 2. The average molecular weight is 357 g/mol. The number of nitrogens with zero attached hydrogens (tertiary/aromatic N) is 2. The topological polar surface area (TPSA) is 46.9 Å². The molecule has 1 amide bonds. The van der Waals surface area contributed by atoms with Crippen molar-refractivity contribution in [3.8, 4) is 0 Å². The van der Waals surface area contributed by atoms with Crippen molar-refractivity contribution in [1.82, 2.24) is 14.9 Å². The monoisotopic (exact) mass is 355 g/mol. The Morgan fingerprint density at radius 2 is 2.25 bits per heavy atom. The van der Waals surface area contributed by atoms with Gasteiger partial charge >= 0.3 is 0 Å². The Kier molecular flexibility index (Phi) is 5.61. The second-order valence-electron chi connectivity index (χ2n) is 4.39. The fraction of sp³-hybridized carbons (Fsp3) is 0.286. The number of aryl methyl sites for hydroxylation is 1. The van der Waals surface area contributed by atoms with E-state index in [-0.39, 0.29) is 5.91 Å². The van der Waals surface area contributed by atoms with Crippen molar-refractivity contribution in [2.24, 2.45) is 0 Å². The summed E-state index contributed by atoms with van der Waals surface area (Å²) >= 11 is 9.20. The molecule has 0 saturated heterocycles. The zero-order chi connectivity index (χ0) is 14.4. The molecule has 0 aliphatic rings. The molecule has 1 heterocycles. The van der Waals surface area contributed by atoms with Gasteiger partial charge in [0, 0.05) is 35.5 Å². The first kappa shape index (κ1) is 15.1. The highest BCUT2D eigenvalue weighted by Gasteiger charge is 2.06. The molecule has 4 nitrogen and oxygen atoms in total. The maximum absolute atomic E-state index is 11.9. The number of rotatable bonds is 6. The Balaban J connectivity index is 1.70. The van der Waals surface area contributed by atoms with Crippen LogP contribution in [0.4, 0.5) is 0 Å². The van der Waals surface area contributed by atoms with Gasteiger partial charge in [0.05, 0.1) is 11.3 Å². The van der Waals surface area contributed by atoms with Gasteiger partial charge in [-0.05, 0) is 47.0 Å². The van der Waals surface area contributed by atoms with Gasteiger partial charge in [-0.3, -0.25) is 4.79 Å². The van der Waals surface area contributed by atoms with E-state index < -0.39 is 0 Å². The second-order valence-corrected chi connectivity index (χ2v) is 5.65. The Morgan fingerprint density at radius 3 is 2.95 bits per heavy atom. The molecule has 20 heavy (non-hydrogen) atoms. The standard InChI is InChI=1S/C14H15BrClN3O/c15-12-9-11(3-4-13(12)16)14(20)18-5-1-2-7-19-8-6-17-10-19/h3-4,6,8-10H,1-2,5,7H2,(H,18,20). The van der Waals surface area contributed by atoms with Crippen LogP contribution in [0.25, 0.3) is 0 Å². The van der Waals surface area contributed by atoms with Gasteiger partial charge in [0.1, 0.15) is 0 Å². The van der Waals surface area contributed by atoms with Crippen molar-refractivity contribution in [2.75, 3.05) is 6.54 Å². The minimum atomic E-state index is -0.0787. The summed E-state index contributed by atoms with van der Waals surface area (Å²) in [7, 11) is 0. The lowest BCUT2D eigenvalue weighted by atomic mass is 10.2. The third-order valence-corrected chi connectivity index (χ3v) is 4.08. The van der Waals surface area contributed by atoms with Gasteiger partial charge in [-0.15, -0.1) is 0 Å². The molecule has 1 aromatic carbocycles. The Hall–Kier alpha value is -1.33. The highest BCUT2D eigenvalue weighted by Crippen LogP contribution is 2.23. The number of amides is 1. The highest BCUT2D eigenvalue weighted by molar-refractivity contribution is 9.10. The molecule has 0 atom stereocenters. The van der Waals surface area contributed by atoms with Crippen LogP contribution < -0.4 is 5.32 Å². The number of carbonyl (C=O) groups is 1. The average Bonchev–Trinajstić information content (AvgIpc) is 2.94. The predicted molar refractivity (Wildman–Crippen MR) is 82.9 cm³/mol. The van der Waals surface area contributed by atoms with Gasteiger partial charge in [0.25, 0.3) is 5.91 Å². The van der Waals surface area contributed by atoms with E-state index >= 15 is 0 Å². The molecule has 6 heteroatoms. The van der Waals surface area contributed by atoms with E-state index in [1.54, 1.807) is 30.7 Å². The summed E-state index contributed by atoms with van der Waals surface area (Å²) in [5.74, 6) is -0.0787. The molecule has 0 bridgehead atoms. The second kappa shape index (κ2) is 7.45. The highest BCUT2D eigenvalue weighted by atomic mass is 79.9. The third-order valence-electron chi connectivity index (χ3n) is 2.87. The molecule has 0 radical (unpaired) electrons. The summed E-state index contributed by atoms with van der Waals surface area (Å²) < 4.78 is 2.75. The molecule has 1 aromatic heterocycles. The quantitative estimate of drug-likeness (QED) is 0.805. The van der Waals surface area contributed by atoms with Crippen LogP contribution in [0.2, 0.25) is 5.02 Å². The van der Waals surface area contributed by atoms with Crippen LogP contribution in [-0.4, -0.2) is 22.0 Å². The number of halogens is 2. The van der Waals surface area contributed by atoms with Crippen LogP contribution >= 0.6 is 27.5 Å². The molecule has 106 valence electrons. The predicted octanol–water partition coefficient (Wildman–Crippen LogP) is 3.51. The SMILES string of the molecule is O=C(NCCCCn1ccnc1)c1ccc(Cl)c(Br)c1. The van der Waals surface area contributed by atoms with Crippen molar-refractivity contribution in [2.45, 2.75) is 19.4 Å².